The fourth-order valence-corrected chi connectivity index (χ4v) is 1.92. The summed E-state index contributed by atoms with van der Waals surface area (Å²) in [6.07, 6.45) is 3.65. The Hall–Kier alpha value is -2.89. The van der Waals surface area contributed by atoms with Crippen molar-refractivity contribution < 1.29 is 14.3 Å². The largest absolute Gasteiger partial charge is 0.494 e. The summed E-state index contributed by atoms with van der Waals surface area (Å²) < 4.78 is 5.54. The third-order valence-corrected chi connectivity index (χ3v) is 3.23. The average molecular weight is 327 g/mol. The fourth-order valence-electron chi connectivity index (χ4n) is 1.92. The van der Waals surface area contributed by atoms with E-state index < -0.39 is 0 Å². The van der Waals surface area contributed by atoms with Crippen LogP contribution in [0.3, 0.4) is 0 Å². The zero-order valence-corrected chi connectivity index (χ0v) is 13.6. The highest BCUT2D eigenvalue weighted by atomic mass is 16.5. The normalized spacial score (nSPS) is 10.0. The smallest absolute Gasteiger partial charge is 0.251 e. The van der Waals surface area contributed by atoms with E-state index in [4.69, 9.17) is 4.74 Å². The molecule has 0 aliphatic heterocycles. The number of rotatable bonds is 8. The van der Waals surface area contributed by atoms with E-state index in [1.54, 1.807) is 48.7 Å². The number of hydrogen-bond donors (Lipinski definition) is 2. The molecule has 6 nitrogen and oxygen atoms in total. The summed E-state index contributed by atoms with van der Waals surface area (Å²) in [4.78, 5) is 27.8. The molecule has 0 unspecified atom stereocenters. The van der Waals surface area contributed by atoms with Crippen molar-refractivity contribution in [2.45, 2.75) is 19.8 Å². The Morgan fingerprint density at radius 2 is 1.92 bits per heavy atom. The number of benzene rings is 1. The number of amides is 2. The first-order valence-electron chi connectivity index (χ1n) is 7.91. The third-order valence-electron chi connectivity index (χ3n) is 3.23. The van der Waals surface area contributed by atoms with Gasteiger partial charge in [0.25, 0.3) is 5.91 Å². The van der Waals surface area contributed by atoms with E-state index in [9.17, 15) is 9.59 Å². The summed E-state index contributed by atoms with van der Waals surface area (Å²) in [5, 5.41) is 5.17. The predicted molar refractivity (Wildman–Crippen MR) is 92.0 cm³/mol. The number of carbonyl (C=O) groups excluding carboxylic acids is 2. The summed E-state index contributed by atoms with van der Waals surface area (Å²) in [6.45, 7) is 2.64. The summed E-state index contributed by atoms with van der Waals surface area (Å²) in [6, 6.07) is 12.0. The highest BCUT2D eigenvalue weighted by molar-refractivity contribution is 5.99. The molecule has 126 valence electrons. The topological polar surface area (TPSA) is 80.3 Å². The highest BCUT2D eigenvalue weighted by Crippen LogP contribution is 2.12. The molecule has 2 aromatic rings. The second-order valence-electron chi connectivity index (χ2n) is 5.17. The minimum Gasteiger partial charge on any atom is -0.494 e. The number of aromatic nitrogens is 1. The van der Waals surface area contributed by atoms with E-state index in [1.807, 2.05) is 0 Å². The second kappa shape index (κ2) is 9.29. The number of anilines is 1. The van der Waals surface area contributed by atoms with Gasteiger partial charge in [0.1, 0.15) is 11.6 Å². The van der Waals surface area contributed by atoms with Crippen LogP contribution in [0.15, 0.2) is 48.7 Å². The summed E-state index contributed by atoms with van der Waals surface area (Å²) in [5.74, 6) is 0.533. The van der Waals surface area contributed by atoms with E-state index in [-0.39, 0.29) is 18.4 Å². The molecule has 24 heavy (non-hydrogen) atoms. The molecule has 2 amide bonds. The van der Waals surface area contributed by atoms with Crippen LogP contribution in [0.25, 0.3) is 0 Å². The summed E-state index contributed by atoms with van der Waals surface area (Å²) in [5.41, 5.74) is 0.475. The fraction of sp³-hybridized carbons (Fsp3) is 0.278. The van der Waals surface area contributed by atoms with Crippen molar-refractivity contribution in [3.63, 3.8) is 0 Å². The van der Waals surface area contributed by atoms with E-state index in [1.165, 1.54) is 0 Å². The van der Waals surface area contributed by atoms with E-state index in [2.05, 4.69) is 22.5 Å². The third kappa shape index (κ3) is 5.72. The van der Waals surface area contributed by atoms with Gasteiger partial charge in [0.2, 0.25) is 5.91 Å². The molecular formula is C18H21N3O3. The SMILES string of the molecule is CCCCOc1ccc(C(=O)NCC(=O)Nc2ccccn2)cc1. The van der Waals surface area contributed by atoms with Gasteiger partial charge in [0, 0.05) is 11.8 Å². The van der Waals surface area contributed by atoms with Gasteiger partial charge in [-0.2, -0.15) is 0 Å². The van der Waals surface area contributed by atoms with Crippen molar-refractivity contribution >= 4 is 17.6 Å². The van der Waals surface area contributed by atoms with Gasteiger partial charge in [-0.3, -0.25) is 9.59 Å². The van der Waals surface area contributed by atoms with Gasteiger partial charge in [-0.05, 0) is 42.8 Å². The van der Waals surface area contributed by atoms with E-state index in [0.717, 1.165) is 18.6 Å². The molecular weight excluding hydrogens is 306 g/mol. The molecule has 0 radical (unpaired) electrons. The van der Waals surface area contributed by atoms with Crippen LogP contribution >= 0.6 is 0 Å². The lowest BCUT2D eigenvalue weighted by molar-refractivity contribution is -0.115. The molecule has 2 N–H and O–H groups in total. The van der Waals surface area contributed by atoms with Crippen LogP contribution in [0, 0.1) is 0 Å². The van der Waals surface area contributed by atoms with Gasteiger partial charge in [0.15, 0.2) is 0 Å². The maximum Gasteiger partial charge on any atom is 0.251 e. The van der Waals surface area contributed by atoms with Crippen LogP contribution < -0.4 is 15.4 Å². The maximum atomic E-state index is 12.0. The van der Waals surface area contributed by atoms with Gasteiger partial charge in [-0.1, -0.05) is 19.4 Å². The Bertz CT molecular complexity index is 657. The van der Waals surface area contributed by atoms with E-state index in [0.29, 0.717) is 18.0 Å². The highest BCUT2D eigenvalue weighted by Gasteiger charge is 2.08. The standard InChI is InChI=1S/C18H21N3O3/c1-2-3-12-24-15-9-7-14(8-10-15)18(23)20-13-17(22)21-16-6-4-5-11-19-16/h4-11H,2-3,12-13H2,1H3,(H,20,23)(H,19,21,22). The first kappa shape index (κ1) is 17.5. The lowest BCUT2D eigenvalue weighted by atomic mass is 10.2. The van der Waals surface area contributed by atoms with Crippen LogP contribution in [0.2, 0.25) is 0 Å². The maximum absolute atomic E-state index is 12.0. The van der Waals surface area contributed by atoms with Crippen molar-refractivity contribution in [3.05, 3.63) is 54.2 Å². The molecule has 0 bridgehead atoms. The minimum atomic E-state index is -0.332. The predicted octanol–water partition coefficient (Wildman–Crippen LogP) is 2.63. The molecule has 1 aromatic heterocycles. The van der Waals surface area contributed by atoms with Crippen molar-refractivity contribution in [3.8, 4) is 5.75 Å². The quantitative estimate of drug-likeness (QED) is 0.730. The number of nitrogens with zero attached hydrogens (tertiary/aromatic N) is 1. The van der Waals surface area contributed by atoms with Crippen LogP contribution in [0.1, 0.15) is 30.1 Å². The molecule has 0 aliphatic rings. The molecule has 2 rings (SSSR count). The van der Waals surface area contributed by atoms with Crippen LogP contribution in [-0.4, -0.2) is 29.9 Å². The summed E-state index contributed by atoms with van der Waals surface area (Å²) >= 11 is 0. The Morgan fingerprint density at radius 1 is 1.12 bits per heavy atom. The zero-order valence-electron chi connectivity index (χ0n) is 13.6. The van der Waals surface area contributed by atoms with E-state index >= 15 is 0 Å². The molecule has 0 fully saturated rings. The number of ether oxygens (including phenoxy) is 1. The van der Waals surface area contributed by atoms with Crippen LogP contribution in [0.5, 0.6) is 5.75 Å². The Morgan fingerprint density at radius 3 is 2.58 bits per heavy atom. The molecule has 1 aromatic carbocycles. The van der Waals surface area contributed by atoms with Gasteiger partial charge in [0.05, 0.1) is 13.2 Å². The van der Waals surface area contributed by atoms with Gasteiger partial charge < -0.3 is 15.4 Å². The number of nitrogens with one attached hydrogen (secondary N) is 2. The second-order valence-corrected chi connectivity index (χ2v) is 5.17. The number of carbonyl (C=O) groups is 2. The molecule has 6 heteroatoms. The molecule has 0 saturated carbocycles. The first-order valence-corrected chi connectivity index (χ1v) is 7.91. The lowest BCUT2D eigenvalue weighted by Gasteiger charge is -2.08. The number of pyridine rings is 1. The average Bonchev–Trinajstić information content (AvgIpc) is 2.61. The molecule has 0 saturated heterocycles. The van der Waals surface area contributed by atoms with Crippen molar-refractivity contribution in [1.29, 1.82) is 0 Å². The van der Waals surface area contributed by atoms with Crippen molar-refractivity contribution in [2.75, 3.05) is 18.5 Å². The number of unbranched alkanes of at least 4 members (excludes halogenated alkanes) is 1. The Balaban J connectivity index is 1.78. The zero-order chi connectivity index (χ0) is 17.2. The Labute approximate surface area is 141 Å². The van der Waals surface area contributed by atoms with Crippen LogP contribution in [-0.2, 0) is 4.79 Å². The molecule has 0 aliphatic carbocycles. The van der Waals surface area contributed by atoms with Crippen LogP contribution in [0.4, 0.5) is 5.82 Å². The van der Waals surface area contributed by atoms with Crippen molar-refractivity contribution in [2.24, 2.45) is 0 Å². The lowest BCUT2D eigenvalue weighted by Crippen LogP contribution is -2.33. The first-order chi connectivity index (χ1) is 11.7. The Kier molecular flexibility index (Phi) is 6.76. The summed E-state index contributed by atoms with van der Waals surface area (Å²) in [7, 11) is 0. The van der Waals surface area contributed by atoms with Gasteiger partial charge >= 0.3 is 0 Å². The monoisotopic (exact) mass is 327 g/mol. The van der Waals surface area contributed by atoms with Crippen molar-refractivity contribution in [1.82, 2.24) is 10.3 Å². The molecule has 0 atom stereocenters. The number of hydrogen-bond acceptors (Lipinski definition) is 4. The van der Waals surface area contributed by atoms with Gasteiger partial charge in [-0.25, -0.2) is 4.98 Å². The molecule has 1 heterocycles. The van der Waals surface area contributed by atoms with Gasteiger partial charge in [-0.15, -0.1) is 0 Å². The molecule has 0 spiro atoms. The minimum absolute atomic E-state index is 0.121.